The molecular weight excluding hydrogens is 612 g/mol. The van der Waals surface area contributed by atoms with Crippen molar-refractivity contribution in [1.29, 1.82) is 0 Å². The normalized spacial score (nSPS) is 12.7. The SMILES string of the molecule is O=C1C(=O)N(CC(=O)N(Cc2cccc(Cl)c2)c2ccc(-c3cnc[nH]3)cc2)c2c(Br)cc(Br)cc21. The maximum atomic E-state index is 13.7. The molecule has 0 atom stereocenters. The van der Waals surface area contributed by atoms with Crippen molar-refractivity contribution in [3.8, 4) is 11.3 Å². The summed E-state index contributed by atoms with van der Waals surface area (Å²) >= 11 is 13.0. The molecule has 0 aliphatic carbocycles. The van der Waals surface area contributed by atoms with Crippen LogP contribution >= 0.6 is 43.5 Å². The Bertz CT molecular complexity index is 1490. The lowest BCUT2D eigenvalue weighted by molar-refractivity contribution is -0.120. The number of anilines is 2. The van der Waals surface area contributed by atoms with Crippen LogP contribution in [0.25, 0.3) is 11.3 Å². The Morgan fingerprint density at radius 2 is 1.83 bits per heavy atom. The number of halogens is 3. The molecule has 2 amide bonds. The number of aromatic amines is 1. The molecule has 1 aliphatic rings. The number of benzene rings is 3. The van der Waals surface area contributed by atoms with Gasteiger partial charge in [-0.3, -0.25) is 19.3 Å². The average Bonchev–Trinajstić information content (AvgIpc) is 3.47. The van der Waals surface area contributed by atoms with Crippen LogP contribution in [0.3, 0.4) is 0 Å². The molecule has 7 nitrogen and oxygen atoms in total. The van der Waals surface area contributed by atoms with Crippen molar-refractivity contribution >= 4 is 72.4 Å². The third-order valence-corrected chi connectivity index (χ3v) is 7.09. The molecule has 3 aromatic carbocycles. The fourth-order valence-electron chi connectivity index (χ4n) is 4.10. The summed E-state index contributed by atoms with van der Waals surface area (Å²) in [6.45, 7) is -0.0756. The summed E-state index contributed by atoms with van der Waals surface area (Å²) in [7, 11) is 0. The molecule has 1 N–H and O–H groups in total. The zero-order valence-corrected chi connectivity index (χ0v) is 22.5. The topological polar surface area (TPSA) is 86.4 Å². The Morgan fingerprint density at radius 1 is 1.06 bits per heavy atom. The van der Waals surface area contributed by atoms with Crippen LogP contribution in [0, 0.1) is 0 Å². The van der Waals surface area contributed by atoms with E-state index in [-0.39, 0.29) is 24.6 Å². The van der Waals surface area contributed by atoms with E-state index in [1.165, 1.54) is 4.90 Å². The predicted molar refractivity (Wildman–Crippen MR) is 145 cm³/mol. The van der Waals surface area contributed by atoms with Gasteiger partial charge in [0.05, 0.1) is 36.0 Å². The van der Waals surface area contributed by atoms with Gasteiger partial charge in [0.1, 0.15) is 6.54 Å². The molecule has 0 unspecified atom stereocenters. The number of ketones is 1. The van der Waals surface area contributed by atoms with Crippen molar-refractivity contribution in [1.82, 2.24) is 9.97 Å². The van der Waals surface area contributed by atoms with E-state index in [2.05, 4.69) is 41.8 Å². The number of nitrogens with zero attached hydrogens (tertiary/aromatic N) is 3. The van der Waals surface area contributed by atoms with E-state index < -0.39 is 11.7 Å². The van der Waals surface area contributed by atoms with Gasteiger partial charge in [-0.2, -0.15) is 0 Å². The Labute approximate surface area is 228 Å². The second kappa shape index (κ2) is 10.0. The van der Waals surface area contributed by atoms with Crippen LogP contribution in [0.4, 0.5) is 11.4 Å². The molecule has 0 saturated heterocycles. The minimum absolute atomic E-state index is 0.229. The van der Waals surface area contributed by atoms with Gasteiger partial charge in [0.2, 0.25) is 5.91 Å². The van der Waals surface area contributed by atoms with Gasteiger partial charge in [0.15, 0.2) is 0 Å². The number of amides is 2. The zero-order valence-electron chi connectivity index (χ0n) is 18.5. The molecule has 1 aromatic heterocycles. The quantitative estimate of drug-likeness (QED) is 0.265. The van der Waals surface area contributed by atoms with Crippen LogP contribution in [-0.2, 0) is 16.1 Å². The number of carbonyl (C=O) groups excluding carboxylic acids is 3. The second-order valence-corrected chi connectivity index (χ2v) is 10.3. The Kier molecular flexibility index (Phi) is 6.79. The highest BCUT2D eigenvalue weighted by atomic mass is 79.9. The Morgan fingerprint density at radius 3 is 2.53 bits per heavy atom. The van der Waals surface area contributed by atoms with E-state index in [0.717, 1.165) is 16.8 Å². The smallest absolute Gasteiger partial charge is 0.299 e. The fraction of sp³-hybridized carbons (Fsp3) is 0.0769. The lowest BCUT2D eigenvalue weighted by Crippen LogP contribution is -2.42. The first-order valence-corrected chi connectivity index (χ1v) is 12.8. The summed E-state index contributed by atoms with van der Waals surface area (Å²) < 4.78 is 1.20. The highest BCUT2D eigenvalue weighted by Gasteiger charge is 2.39. The highest BCUT2D eigenvalue weighted by molar-refractivity contribution is 9.11. The summed E-state index contributed by atoms with van der Waals surface area (Å²) in [5, 5.41) is 0.554. The largest absolute Gasteiger partial charge is 0.345 e. The second-order valence-electron chi connectivity index (χ2n) is 8.13. The van der Waals surface area contributed by atoms with Crippen molar-refractivity contribution in [2.45, 2.75) is 6.54 Å². The molecule has 0 saturated carbocycles. The number of hydrogen-bond donors (Lipinski definition) is 1. The van der Waals surface area contributed by atoms with Crippen molar-refractivity contribution in [2.75, 3.05) is 16.3 Å². The minimum atomic E-state index is -0.741. The summed E-state index contributed by atoms with van der Waals surface area (Å²) in [6.07, 6.45) is 3.31. The van der Waals surface area contributed by atoms with Crippen molar-refractivity contribution in [3.63, 3.8) is 0 Å². The molecule has 5 rings (SSSR count). The number of fused-ring (bicyclic) bond motifs is 1. The fourth-order valence-corrected chi connectivity index (χ4v) is 5.75. The third-order valence-electron chi connectivity index (χ3n) is 5.79. The number of Topliss-reactive ketones (excluding diaryl/α,β-unsaturated/α-hetero) is 1. The van der Waals surface area contributed by atoms with Crippen LogP contribution in [0.1, 0.15) is 15.9 Å². The summed E-state index contributed by atoms with van der Waals surface area (Å²) in [6, 6.07) is 18.0. The molecule has 4 aromatic rings. The first-order chi connectivity index (χ1) is 17.3. The molecule has 10 heteroatoms. The average molecular weight is 629 g/mol. The monoisotopic (exact) mass is 626 g/mol. The standard InChI is InChI=1S/C26H17Br2ClN4O3/c27-17-9-20-24(21(28)10-17)33(26(36)25(20)35)13-23(34)32(12-15-2-1-3-18(29)8-15)19-6-4-16(5-7-19)22-11-30-14-31-22/h1-11,14H,12-13H2,(H,30,31). The van der Waals surface area contributed by atoms with Gasteiger partial charge in [-0.1, -0.05) is 51.8 Å². The number of nitrogens with one attached hydrogen (secondary N) is 1. The predicted octanol–water partition coefficient (Wildman–Crippen LogP) is 6.02. The summed E-state index contributed by atoms with van der Waals surface area (Å²) in [5.74, 6) is -1.74. The van der Waals surface area contributed by atoms with Crippen LogP contribution in [-0.4, -0.2) is 34.1 Å². The van der Waals surface area contributed by atoms with Gasteiger partial charge in [0, 0.05) is 19.7 Å². The first kappa shape index (κ1) is 24.4. The maximum Gasteiger partial charge on any atom is 0.299 e. The summed E-state index contributed by atoms with van der Waals surface area (Å²) in [4.78, 5) is 49.1. The van der Waals surface area contributed by atoms with Gasteiger partial charge >= 0.3 is 0 Å². The molecule has 0 radical (unpaired) electrons. The maximum absolute atomic E-state index is 13.7. The van der Waals surface area contributed by atoms with Gasteiger partial charge in [-0.25, -0.2) is 4.98 Å². The molecule has 1 aliphatic heterocycles. The third kappa shape index (κ3) is 4.74. The van der Waals surface area contributed by atoms with Crippen molar-refractivity contribution < 1.29 is 14.4 Å². The van der Waals surface area contributed by atoms with E-state index in [9.17, 15) is 14.4 Å². The Hall–Kier alpha value is -3.27. The minimum Gasteiger partial charge on any atom is -0.345 e. The molecule has 2 heterocycles. The number of hydrogen-bond acceptors (Lipinski definition) is 4. The van der Waals surface area contributed by atoms with E-state index >= 15 is 0 Å². The lowest BCUT2D eigenvalue weighted by atomic mass is 10.1. The highest BCUT2D eigenvalue weighted by Crippen LogP contribution is 2.38. The van der Waals surface area contributed by atoms with Crippen molar-refractivity contribution in [3.05, 3.63) is 98.3 Å². The van der Waals surface area contributed by atoms with E-state index in [0.29, 0.717) is 25.3 Å². The van der Waals surface area contributed by atoms with E-state index in [1.54, 1.807) is 41.7 Å². The first-order valence-electron chi connectivity index (χ1n) is 10.8. The van der Waals surface area contributed by atoms with Crippen molar-refractivity contribution in [2.24, 2.45) is 0 Å². The molecule has 180 valence electrons. The number of H-pyrrole nitrogens is 1. The molecular formula is C26H17Br2ClN4O3. The van der Waals surface area contributed by atoms with Gasteiger partial charge in [-0.05, 0) is 63.5 Å². The van der Waals surface area contributed by atoms with Crippen LogP contribution in [0.2, 0.25) is 5.02 Å². The van der Waals surface area contributed by atoms with Crippen LogP contribution in [0.15, 0.2) is 82.1 Å². The number of imidazole rings is 1. The van der Waals surface area contributed by atoms with Gasteiger partial charge in [0.25, 0.3) is 11.7 Å². The number of aromatic nitrogens is 2. The van der Waals surface area contributed by atoms with Gasteiger partial charge in [-0.15, -0.1) is 0 Å². The lowest BCUT2D eigenvalue weighted by Gasteiger charge is -2.26. The van der Waals surface area contributed by atoms with Gasteiger partial charge < -0.3 is 9.88 Å². The van der Waals surface area contributed by atoms with Crippen LogP contribution in [0.5, 0.6) is 0 Å². The molecule has 0 bridgehead atoms. The molecule has 36 heavy (non-hydrogen) atoms. The molecule has 0 fully saturated rings. The van der Waals surface area contributed by atoms with E-state index in [1.807, 2.05) is 36.4 Å². The zero-order chi connectivity index (χ0) is 25.4. The summed E-state index contributed by atoms with van der Waals surface area (Å²) in [5.41, 5.74) is 3.86. The van der Waals surface area contributed by atoms with Crippen LogP contribution < -0.4 is 9.80 Å². The molecule has 0 spiro atoms. The number of rotatable bonds is 6. The van der Waals surface area contributed by atoms with E-state index in [4.69, 9.17) is 11.6 Å². The number of carbonyl (C=O) groups is 3. The Balaban J connectivity index is 1.48.